The third kappa shape index (κ3) is 4.11. The van der Waals surface area contributed by atoms with Gasteiger partial charge in [-0.3, -0.25) is 0 Å². The van der Waals surface area contributed by atoms with Gasteiger partial charge in [-0.15, -0.1) is 0 Å². The molecule has 0 fully saturated rings. The monoisotopic (exact) mass is 255 g/mol. The van der Waals surface area contributed by atoms with Crippen LogP contribution in [0.25, 0.3) is 0 Å². The summed E-state index contributed by atoms with van der Waals surface area (Å²) in [6.07, 6.45) is 1.22. The van der Waals surface area contributed by atoms with Gasteiger partial charge in [0, 0.05) is 5.69 Å². The summed E-state index contributed by atoms with van der Waals surface area (Å²) in [6, 6.07) is 20.6. The van der Waals surface area contributed by atoms with Crippen molar-refractivity contribution in [2.75, 3.05) is 5.32 Å². The van der Waals surface area contributed by atoms with Crippen molar-refractivity contribution in [2.24, 2.45) is 0 Å². The molecule has 0 amide bonds. The van der Waals surface area contributed by atoms with Crippen LogP contribution in [0.1, 0.15) is 31.4 Å². The lowest BCUT2D eigenvalue weighted by Crippen LogP contribution is -2.18. The summed E-state index contributed by atoms with van der Waals surface area (Å²) >= 11 is 0. The summed E-state index contributed by atoms with van der Waals surface area (Å²) in [6.45, 7) is 2.01. The van der Waals surface area contributed by atoms with Crippen LogP contribution in [0.4, 0.5) is 5.69 Å². The van der Waals surface area contributed by atoms with E-state index in [-0.39, 0.29) is 12.1 Å². The number of hydrogen-bond donors (Lipinski definition) is 2. The summed E-state index contributed by atoms with van der Waals surface area (Å²) in [5.74, 6) is 0. The molecule has 0 saturated heterocycles. The first-order chi connectivity index (χ1) is 9.29. The van der Waals surface area contributed by atoms with Gasteiger partial charge in [-0.05, 0) is 30.5 Å². The van der Waals surface area contributed by atoms with E-state index in [2.05, 4.69) is 17.4 Å². The molecular weight excluding hydrogens is 234 g/mol. The highest BCUT2D eigenvalue weighted by Gasteiger charge is 2.15. The molecule has 0 aromatic heterocycles. The minimum atomic E-state index is -0.276. The predicted octanol–water partition coefficient (Wildman–Crippen LogP) is 4.00. The van der Waals surface area contributed by atoms with Crippen LogP contribution in [0.15, 0.2) is 60.7 Å². The Labute approximate surface area is 115 Å². The lowest BCUT2D eigenvalue weighted by atomic mass is 9.99. The number of benzene rings is 2. The molecule has 0 aliphatic carbocycles. The lowest BCUT2D eigenvalue weighted by molar-refractivity contribution is 0.154. The largest absolute Gasteiger partial charge is 0.393 e. The highest BCUT2D eigenvalue weighted by Crippen LogP contribution is 2.24. The number of hydrogen-bond acceptors (Lipinski definition) is 2. The minimum absolute atomic E-state index is 0.138. The van der Waals surface area contributed by atoms with E-state index in [9.17, 15) is 5.11 Å². The summed E-state index contributed by atoms with van der Waals surface area (Å²) in [4.78, 5) is 0. The Morgan fingerprint density at radius 1 is 0.947 bits per heavy atom. The Bertz CT molecular complexity index is 469. The van der Waals surface area contributed by atoms with Gasteiger partial charge in [0.1, 0.15) is 0 Å². The molecule has 2 N–H and O–H groups in total. The standard InChI is InChI=1S/C17H21NO/c1-2-16(19)13-17(14-9-5-3-6-10-14)18-15-11-7-4-8-12-15/h3-12,16-19H,2,13H2,1H3/t16-,17+/m1/s1. The second-order valence-corrected chi connectivity index (χ2v) is 4.77. The number of nitrogens with one attached hydrogen (secondary N) is 1. The van der Waals surface area contributed by atoms with E-state index in [0.29, 0.717) is 0 Å². The molecule has 0 spiro atoms. The lowest BCUT2D eigenvalue weighted by Gasteiger charge is -2.22. The molecule has 2 atom stereocenters. The fourth-order valence-electron chi connectivity index (χ4n) is 2.14. The van der Waals surface area contributed by atoms with Gasteiger partial charge in [0.05, 0.1) is 12.1 Å². The zero-order valence-electron chi connectivity index (χ0n) is 11.3. The van der Waals surface area contributed by atoms with E-state index in [1.807, 2.05) is 55.5 Å². The number of para-hydroxylation sites is 1. The van der Waals surface area contributed by atoms with Crippen molar-refractivity contribution in [1.29, 1.82) is 0 Å². The average Bonchev–Trinajstić information content (AvgIpc) is 2.48. The zero-order valence-corrected chi connectivity index (χ0v) is 11.3. The summed E-state index contributed by atoms with van der Waals surface area (Å²) < 4.78 is 0. The van der Waals surface area contributed by atoms with Crippen molar-refractivity contribution in [3.8, 4) is 0 Å². The number of aliphatic hydroxyl groups excluding tert-OH is 1. The molecule has 0 unspecified atom stereocenters. The SMILES string of the molecule is CC[C@@H](O)C[C@H](Nc1ccccc1)c1ccccc1. The van der Waals surface area contributed by atoms with Gasteiger partial charge in [0.15, 0.2) is 0 Å². The smallest absolute Gasteiger partial charge is 0.0560 e. The molecule has 2 rings (SSSR count). The Balaban J connectivity index is 2.15. The van der Waals surface area contributed by atoms with Crippen molar-refractivity contribution in [2.45, 2.75) is 31.9 Å². The van der Waals surface area contributed by atoms with Gasteiger partial charge in [0.25, 0.3) is 0 Å². The summed E-state index contributed by atoms with van der Waals surface area (Å²) in [5, 5.41) is 13.4. The number of anilines is 1. The molecule has 2 nitrogen and oxygen atoms in total. The quantitative estimate of drug-likeness (QED) is 0.817. The number of aliphatic hydroxyl groups is 1. The molecule has 2 aromatic carbocycles. The molecule has 2 aromatic rings. The van der Waals surface area contributed by atoms with Crippen molar-refractivity contribution < 1.29 is 5.11 Å². The van der Waals surface area contributed by atoms with Crippen LogP contribution in [0.2, 0.25) is 0 Å². The fraction of sp³-hybridized carbons (Fsp3) is 0.294. The topological polar surface area (TPSA) is 32.3 Å². The Morgan fingerprint density at radius 2 is 1.53 bits per heavy atom. The highest BCUT2D eigenvalue weighted by atomic mass is 16.3. The molecular formula is C17H21NO. The molecule has 2 heteroatoms. The molecule has 0 heterocycles. The van der Waals surface area contributed by atoms with Crippen molar-refractivity contribution in [3.63, 3.8) is 0 Å². The molecule has 0 aliphatic heterocycles. The van der Waals surface area contributed by atoms with Crippen LogP contribution in [0.3, 0.4) is 0 Å². The average molecular weight is 255 g/mol. The maximum Gasteiger partial charge on any atom is 0.0560 e. The van der Waals surface area contributed by atoms with E-state index >= 15 is 0 Å². The molecule has 19 heavy (non-hydrogen) atoms. The van der Waals surface area contributed by atoms with Gasteiger partial charge in [0.2, 0.25) is 0 Å². The summed E-state index contributed by atoms with van der Waals surface area (Å²) in [5.41, 5.74) is 2.29. The van der Waals surface area contributed by atoms with E-state index < -0.39 is 0 Å². The zero-order chi connectivity index (χ0) is 13.5. The molecule has 0 radical (unpaired) electrons. The highest BCUT2D eigenvalue weighted by molar-refractivity contribution is 5.45. The fourth-order valence-corrected chi connectivity index (χ4v) is 2.14. The van der Waals surface area contributed by atoms with Gasteiger partial charge in [-0.25, -0.2) is 0 Å². The van der Waals surface area contributed by atoms with Crippen LogP contribution in [-0.4, -0.2) is 11.2 Å². The maximum atomic E-state index is 9.93. The number of rotatable bonds is 6. The maximum absolute atomic E-state index is 9.93. The van der Waals surface area contributed by atoms with Crippen LogP contribution in [0, 0.1) is 0 Å². The third-order valence-electron chi connectivity index (χ3n) is 3.30. The first-order valence-corrected chi connectivity index (χ1v) is 6.84. The normalized spacial score (nSPS) is 13.8. The van der Waals surface area contributed by atoms with Gasteiger partial charge in [-0.2, -0.15) is 0 Å². The van der Waals surface area contributed by atoms with Crippen LogP contribution >= 0.6 is 0 Å². The van der Waals surface area contributed by atoms with Crippen molar-refractivity contribution in [3.05, 3.63) is 66.2 Å². The second-order valence-electron chi connectivity index (χ2n) is 4.77. The third-order valence-corrected chi connectivity index (χ3v) is 3.30. The Morgan fingerprint density at radius 3 is 2.11 bits per heavy atom. The van der Waals surface area contributed by atoms with E-state index in [0.717, 1.165) is 18.5 Å². The van der Waals surface area contributed by atoms with E-state index in [1.54, 1.807) is 0 Å². The van der Waals surface area contributed by atoms with Gasteiger partial charge < -0.3 is 10.4 Å². The van der Waals surface area contributed by atoms with Crippen LogP contribution < -0.4 is 5.32 Å². The predicted molar refractivity (Wildman–Crippen MR) is 80.2 cm³/mol. The molecule has 0 bridgehead atoms. The first-order valence-electron chi connectivity index (χ1n) is 6.84. The van der Waals surface area contributed by atoms with Crippen LogP contribution in [-0.2, 0) is 0 Å². The summed E-state index contributed by atoms with van der Waals surface area (Å²) in [7, 11) is 0. The van der Waals surface area contributed by atoms with Gasteiger partial charge in [-0.1, -0.05) is 55.5 Å². The molecule has 0 saturated carbocycles. The molecule has 0 aliphatic rings. The minimum Gasteiger partial charge on any atom is -0.393 e. The Kier molecular flexibility index (Phi) is 4.99. The van der Waals surface area contributed by atoms with Crippen LogP contribution in [0.5, 0.6) is 0 Å². The Hall–Kier alpha value is -1.80. The van der Waals surface area contributed by atoms with Crippen molar-refractivity contribution in [1.82, 2.24) is 0 Å². The van der Waals surface area contributed by atoms with E-state index in [1.165, 1.54) is 5.56 Å². The first kappa shape index (κ1) is 13.6. The van der Waals surface area contributed by atoms with Gasteiger partial charge >= 0.3 is 0 Å². The molecule has 100 valence electrons. The van der Waals surface area contributed by atoms with Crippen molar-refractivity contribution >= 4 is 5.69 Å². The second kappa shape index (κ2) is 6.95. The van der Waals surface area contributed by atoms with E-state index in [4.69, 9.17) is 0 Å².